The van der Waals surface area contributed by atoms with Gasteiger partial charge in [-0.1, -0.05) is 17.7 Å². The molecule has 0 radical (unpaired) electrons. The molecule has 4 nitrogen and oxygen atoms in total. The summed E-state index contributed by atoms with van der Waals surface area (Å²) in [7, 11) is -3.40. The van der Waals surface area contributed by atoms with Gasteiger partial charge in [0.25, 0.3) is 0 Å². The van der Waals surface area contributed by atoms with Crippen molar-refractivity contribution in [3.05, 3.63) is 29.3 Å². The van der Waals surface area contributed by atoms with E-state index in [1.165, 1.54) is 0 Å². The summed E-state index contributed by atoms with van der Waals surface area (Å²) in [5.74, 6) is 0. The molecule has 1 aromatic carbocycles. The Balaban J connectivity index is 3.05. The summed E-state index contributed by atoms with van der Waals surface area (Å²) >= 11 is 0. The quantitative estimate of drug-likeness (QED) is 0.790. The van der Waals surface area contributed by atoms with Crippen LogP contribution in [0, 0.1) is 13.8 Å². The molecule has 0 amide bonds. The van der Waals surface area contributed by atoms with Crippen LogP contribution in [0.25, 0.3) is 0 Å². The van der Waals surface area contributed by atoms with Crippen molar-refractivity contribution in [1.82, 2.24) is 4.72 Å². The van der Waals surface area contributed by atoms with Crippen molar-refractivity contribution in [1.29, 1.82) is 0 Å². The second-order valence-electron chi connectivity index (χ2n) is 3.46. The molecule has 0 aromatic heterocycles. The summed E-state index contributed by atoms with van der Waals surface area (Å²) in [5, 5.41) is 0. The molecule has 0 saturated carbocycles. The molecule has 0 fully saturated rings. The number of hydrogen-bond donors (Lipinski definition) is 2. The minimum atomic E-state index is -3.40. The van der Waals surface area contributed by atoms with Crippen molar-refractivity contribution < 1.29 is 8.42 Å². The zero-order valence-electron chi connectivity index (χ0n) is 8.95. The molecule has 0 heterocycles. The van der Waals surface area contributed by atoms with Gasteiger partial charge in [0.2, 0.25) is 10.0 Å². The van der Waals surface area contributed by atoms with Crippen LogP contribution in [0.2, 0.25) is 0 Å². The molecular weight excluding hydrogens is 212 g/mol. The van der Waals surface area contributed by atoms with Crippen molar-refractivity contribution in [3.63, 3.8) is 0 Å². The number of nitrogens with one attached hydrogen (secondary N) is 1. The number of aryl methyl sites for hydroxylation is 2. The Bertz CT molecular complexity index is 441. The number of sulfonamides is 1. The van der Waals surface area contributed by atoms with Crippen LogP contribution in [0.1, 0.15) is 11.1 Å². The van der Waals surface area contributed by atoms with E-state index in [9.17, 15) is 8.42 Å². The van der Waals surface area contributed by atoms with Gasteiger partial charge < -0.3 is 5.73 Å². The van der Waals surface area contributed by atoms with Gasteiger partial charge in [0.05, 0.1) is 4.90 Å². The second-order valence-corrected chi connectivity index (χ2v) is 5.19. The molecule has 0 aliphatic rings. The highest BCUT2D eigenvalue weighted by Gasteiger charge is 2.15. The molecule has 0 aliphatic carbocycles. The van der Waals surface area contributed by atoms with Gasteiger partial charge in [-0.2, -0.15) is 0 Å². The lowest BCUT2D eigenvalue weighted by atomic mass is 10.2. The van der Waals surface area contributed by atoms with Crippen LogP contribution in [0.15, 0.2) is 23.1 Å². The van der Waals surface area contributed by atoms with Crippen molar-refractivity contribution >= 4 is 10.0 Å². The fourth-order valence-electron chi connectivity index (χ4n) is 1.37. The largest absolute Gasteiger partial charge is 0.329 e. The monoisotopic (exact) mass is 228 g/mol. The van der Waals surface area contributed by atoms with Crippen molar-refractivity contribution in [2.45, 2.75) is 18.7 Å². The van der Waals surface area contributed by atoms with Gasteiger partial charge in [0.15, 0.2) is 0 Å². The molecular formula is C10H16N2O2S. The van der Waals surface area contributed by atoms with E-state index >= 15 is 0 Å². The molecule has 0 unspecified atom stereocenters. The maximum absolute atomic E-state index is 11.8. The third kappa shape index (κ3) is 3.02. The van der Waals surface area contributed by atoms with E-state index in [1.54, 1.807) is 19.1 Å². The molecule has 0 saturated heterocycles. The summed E-state index contributed by atoms with van der Waals surface area (Å²) < 4.78 is 25.9. The average molecular weight is 228 g/mol. The zero-order chi connectivity index (χ0) is 11.5. The van der Waals surface area contributed by atoms with E-state index in [2.05, 4.69) is 4.72 Å². The summed E-state index contributed by atoms with van der Waals surface area (Å²) in [4.78, 5) is 0.321. The number of rotatable bonds is 4. The Morgan fingerprint density at radius 2 is 2.00 bits per heavy atom. The van der Waals surface area contributed by atoms with E-state index < -0.39 is 10.0 Å². The molecule has 1 aromatic rings. The van der Waals surface area contributed by atoms with Gasteiger partial charge in [-0.3, -0.25) is 0 Å². The molecule has 0 spiro atoms. The third-order valence-electron chi connectivity index (χ3n) is 2.06. The van der Waals surface area contributed by atoms with Gasteiger partial charge >= 0.3 is 0 Å². The molecule has 84 valence electrons. The lowest BCUT2D eigenvalue weighted by molar-refractivity contribution is 0.581. The molecule has 0 aliphatic heterocycles. The fraction of sp³-hybridized carbons (Fsp3) is 0.400. The molecule has 0 bridgehead atoms. The smallest absolute Gasteiger partial charge is 0.240 e. The van der Waals surface area contributed by atoms with Gasteiger partial charge in [-0.25, -0.2) is 13.1 Å². The first kappa shape index (κ1) is 12.2. The van der Waals surface area contributed by atoms with Crippen molar-refractivity contribution in [2.24, 2.45) is 5.73 Å². The number of hydrogen-bond acceptors (Lipinski definition) is 3. The van der Waals surface area contributed by atoms with Crippen molar-refractivity contribution in [3.8, 4) is 0 Å². The SMILES string of the molecule is Cc1ccc(S(=O)(=O)NCCN)c(C)c1. The van der Waals surface area contributed by atoms with Crippen LogP contribution < -0.4 is 10.5 Å². The van der Waals surface area contributed by atoms with Crippen LogP contribution in [0.4, 0.5) is 0 Å². The lowest BCUT2D eigenvalue weighted by Crippen LogP contribution is -2.29. The van der Waals surface area contributed by atoms with Gasteiger partial charge in [0, 0.05) is 13.1 Å². The maximum Gasteiger partial charge on any atom is 0.240 e. The normalized spacial score (nSPS) is 11.7. The Hall–Kier alpha value is -0.910. The summed E-state index contributed by atoms with van der Waals surface area (Å²) in [6, 6.07) is 5.24. The average Bonchev–Trinajstić information content (AvgIpc) is 2.14. The van der Waals surface area contributed by atoms with Gasteiger partial charge in [0.1, 0.15) is 0 Å². The first-order chi connectivity index (χ1) is 6.97. The highest BCUT2D eigenvalue weighted by atomic mass is 32.2. The molecule has 3 N–H and O–H groups in total. The van der Waals surface area contributed by atoms with Crippen LogP contribution in [-0.2, 0) is 10.0 Å². The molecule has 15 heavy (non-hydrogen) atoms. The third-order valence-corrected chi connectivity index (χ3v) is 3.68. The van der Waals surface area contributed by atoms with Crippen LogP contribution >= 0.6 is 0 Å². The predicted molar refractivity (Wildman–Crippen MR) is 60.2 cm³/mol. The molecule has 0 atom stereocenters. The maximum atomic E-state index is 11.8. The van der Waals surface area contributed by atoms with Crippen LogP contribution in [0.3, 0.4) is 0 Å². The lowest BCUT2D eigenvalue weighted by Gasteiger charge is -2.08. The minimum absolute atomic E-state index is 0.260. The first-order valence-corrected chi connectivity index (χ1v) is 6.22. The predicted octanol–water partition coefficient (Wildman–Crippen LogP) is 0.540. The van der Waals surface area contributed by atoms with Crippen LogP contribution in [-0.4, -0.2) is 21.5 Å². The van der Waals surface area contributed by atoms with Gasteiger partial charge in [-0.15, -0.1) is 0 Å². The highest BCUT2D eigenvalue weighted by Crippen LogP contribution is 2.15. The summed E-state index contributed by atoms with van der Waals surface area (Å²) in [6.07, 6.45) is 0. The molecule has 1 rings (SSSR count). The zero-order valence-corrected chi connectivity index (χ0v) is 9.76. The van der Waals surface area contributed by atoms with E-state index in [1.807, 2.05) is 13.0 Å². The van der Waals surface area contributed by atoms with E-state index in [4.69, 9.17) is 5.73 Å². The van der Waals surface area contributed by atoms with Crippen molar-refractivity contribution in [2.75, 3.05) is 13.1 Å². The van der Waals surface area contributed by atoms with Crippen LogP contribution in [0.5, 0.6) is 0 Å². The molecule has 5 heteroatoms. The Kier molecular flexibility index (Phi) is 3.84. The fourth-order valence-corrected chi connectivity index (χ4v) is 2.64. The Morgan fingerprint density at radius 3 is 2.53 bits per heavy atom. The second kappa shape index (κ2) is 4.74. The minimum Gasteiger partial charge on any atom is -0.329 e. The van der Waals surface area contributed by atoms with E-state index in [0.29, 0.717) is 11.4 Å². The Morgan fingerprint density at radius 1 is 1.33 bits per heavy atom. The Labute approximate surface area is 90.5 Å². The summed E-state index contributed by atoms with van der Waals surface area (Å²) in [5.41, 5.74) is 7.05. The van der Waals surface area contributed by atoms with E-state index in [0.717, 1.165) is 11.1 Å². The summed E-state index contributed by atoms with van der Waals surface area (Å²) in [6.45, 7) is 4.26. The van der Waals surface area contributed by atoms with E-state index in [-0.39, 0.29) is 6.54 Å². The standard InChI is InChI=1S/C10H16N2O2S/c1-8-3-4-10(9(2)7-8)15(13,14)12-6-5-11/h3-4,7,12H,5-6,11H2,1-2H3. The highest BCUT2D eigenvalue weighted by molar-refractivity contribution is 7.89. The first-order valence-electron chi connectivity index (χ1n) is 4.74. The number of nitrogens with two attached hydrogens (primary N) is 1. The number of benzene rings is 1. The topological polar surface area (TPSA) is 72.2 Å². The van der Waals surface area contributed by atoms with Gasteiger partial charge in [-0.05, 0) is 25.5 Å².